The summed E-state index contributed by atoms with van der Waals surface area (Å²) in [7, 11) is 1.51. The van der Waals surface area contributed by atoms with E-state index in [4.69, 9.17) is 9.47 Å². The maximum Gasteiger partial charge on any atom is 0.330 e. The van der Waals surface area contributed by atoms with E-state index in [-0.39, 0.29) is 11.7 Å². The van der Waals surface area contributed by atoms with Crippen molar-refractivity contribution in [2.24, 2.45) is 52.3 Å². The van der Waals surface area contributed by atoms with Crippen LogP contribution in [0.2, 0.25) is 0 Å². The molecule has 1 aromatic carbocycles. The SMILES string of the molecule is COc1cc(/C=C/C(=O)OCC[C@H](CC[C@@H](C)[C@H]2CC[C@H]3C4=CCC5CCCC[C@]5(C)[C@H]4CC[C@]23C)C(C)C)ccc1O. The first-order chi connectivity index (χ1) is 20.6. The summed E-state index contributed by atoms with van der Waals surface area (Å²) in [6.45, 7) is 13.0. The van der Waals surface area contributed by atoms with E-state index in [0.29, 0.717) is 35.0 Å². The number of carbonyl (C=O) groups is 1. The maximum atomic E-state index is 12.4. The number of phenols is 1. The molecule has 4 heteroatoms. The number of benzene rings is 1. The summed E-state index contributed by atoms with van der Waals surface area (Å²) in [4.78, 5) is 12.4. The standard InChI is InChI=1S/C39H58O4/c1-26(2)29(21-24-43-37(41)19-12-28-11-18-35(40)36(25-28)42-6)13-10-27(3)32-16-17-33-31-15-14-30-9-7-8-22-38(30,4)34(31)20-23-39(32,33)5/h11-12,15,18-19,25-27,29-30,32-34,40H,7-10,13-14,16-17,20-24H2,1-6H3/b19-12+/t27-,29+,30?,32-,33+,34+,38+,39-/m1/s1. The van der Waals surface area contributed by atoms with E-state index < -0.39 is 0 Å². The molecule has 0 bridgehead atoms. The Labute approximate surface area is 261 Å². The van der Waals surface area contributed by atoms with E-state index in [1.54, 1.807) is 24.3 Å². The van der Waals surface area contributed by atoms with Crippen molar-refractivity contribution in [2.45, 2.75) is 112 Å². The lowest BCUT2D eigenvalue weighted by molar-refractivity contribution is -0.138. The van der Waals surface area contributed by atoms with Crippen LogP contribution in [-0.2, 0) is 9.53 Å². The van der Waals surface area contributed by atoms with E-state index in [0.717, 1.165) is 41.6 Å². The van der Waals surface area contributed by atoms with E-state index >= 15 is 0 Å². The number of hydrogen-bond acceptors (Lipinski definition) is 4. The van der Waals surface area contributed by atoms with E-state index in [1.165, 1.54) is 83.8 Å². The molecule has 8 atom stereocenters. The topological polar surface area (TPSA) is 55.8 Å². The summed E-state index contributed by atoms with van der Waals surface area (Å²) < 4.78 is 10.8. The minimum atomic E-state index is -0.325. The zero-order valence-electron chi connectivity index (χ0n) is 27.9. The van der Waals surface area contributed by atoms with Crippen LogP contribution in [0.15, 0.2) is 35.9 Å². The zero-order chi connectivity index (χ0) is 30.8. The molecule has 3 saturated carbocycles. The normalized spacial score (nSPS) is 33.3. The molecule has 0 saturated heterocycles. The Morgan fingerprint density at radius 2 is 1.79 bits per heavy atom. The van der Waals surface area contributed by atoms with Crippen LogP contribution in [0.3, 0.4) is 0 Å². The molecule has 3 fully saturated rings. The van der Waals surface area contributed by atoms with Crippen molar-refractivity contribution < 1.29 is 19.4 Å². The summed E-state index contributed by atoms with van der Waals surface area (Å²) in [5.41, 5.74) is 3.71. The van der Waals surface area contributed by atoms with Crippen LogP contribution < -0.4 is 4.74 Å². The maximum absolute atomic E-state index is 12.4. The Bertz CT molecular complexity index is 1180. The Morgan fingerprint density at radius 3 is 2.56 bits per heavy atom. The molecule has 4 nitrogen and oxygen atoms in total. The number of methoxy groups -OCH3 is 1. The molecule has 43 heavy (non-hydrogen) atoms. The fourth-order valence-corrected chi connectivity index (χ4v) is 10.3. The van der Waals surface area contributed by atoms with E-state index in [2.05, 4.69) is 40.7 Å². The van der Waals surface area contributed by atoms with Crippen LogP contribution in [0.1, 0.15) is 117 Å². The Balaban J connectivity index is 1.12. The number of aromatic hydroxyl groups is 1. The molecule has 5 rings (SSSR count). The van der Waals surface area contributed by atoms with Crippen LogP contribution in [0.4, 0.5) is 0 Å². The number of fused-ring (bicyclic) bond motifs is 5. The van der Waals surface area contributed by atoms with Gasteiger partial charge in [0.25, 0.3) is 0 Å². The second-order valence-corrected chi connectivity index (χ2v) is 15.5. The summed E-state index contributed by atoms with van der Waals surface area (Å²) in [6.07, 6.45) is 22.1. The average molecular weight is 591 g/mol. The first kappa shape index (κ1) is 32.2. The lowest BCUT2D eigenvalue weighted by Gasteiger charge is -2.57. The molecule has 1 unspecified atom stereocenters. The predicted molar refractivity (Wildman–Crippen MR) is 176 cm³/mol. The van der Waals surface area contributed by atoms with Crippen molar-refractivity contribution in [2.75, 3.05) is 13.7 Å². The fraction of sp³-hybridized carbons (Fsp3) is 0.718. The van der Waals surface area contributed by atoms with Crippen LogP contribution in [-0.4, -0.2) is 24.8 Å². The van der Waals surface area contributed by atoms with Crippen molar-refractivity contribution in [3.8, 4) is 11.5 Å². The smallest absolute Gasteiger partial charge is 0.330 e. The van der Waals surface area contributed by atoms with Gasteiger partial charge in [0.1, 0.15) is 0 Å². The lowest BCUT2D eigenvalue weighted by Crippen LogP contribution is -2.48. The molecule has 238 valence electrons. The molecule has 0 spiro atoms. The summed E-state index contributed by atoms with van der Waals surface area (Å²) in [5.74, 6) is 5.44. The number of hydrogen-bond donors (Lipinski definition) is 1. The van der Waals surface area contributed by atoms with Gasteiger partial charge in [0.15, 0.2) is 11.5 Å². The number of rotatable bonds is 11. The average Bonchev–Trinajstić information content (AvgIpc) is 3.35. The van der Waals surface area contributed by atoms with Crippen molar-refractivity contribution in [1.29, 1.82) is 0 Å². The number of esters is 1. The summed E-state index contributed by atoms with van der Waals surface area (Å²) >= 11 is 0. The fourth-order valence-electron chi connectivity index (χ4n) is 10.3. The largest absolute Gasteiger partial charge is 0.504 e. The molecular formula is C39H58O4. The third-order valence-electron chi connectivity index (χ3n) is 13.0. The van der Waals surface area contributed by atoms with Gasteiger partial charge in [-0.1, -0.05) is 71.6 Å². The Morgan fingerprint density at radius 1 is 1.00 bits per heavy atom. The molecule has 0 aliphatic heterocycles. The number of carbonyl (C=O) groups excluding carboxylic acids is 1. The van der Waals surface area contributed by atoms with Gasteiger partial charge in [0.2, 0.25) is 0 Å². The highest BCUT2D eigenvalue weighted by molar-refractivity contribution is 5.87. The summed E-state index contributed by atoms with van der Waals surface area (Å²) in [5, 5.41) is 9.77. The van der Waals surface area contributed by atoms with Gasteiger partial charge in [-0.15, -0.1) is 0 Å². The molecule has 0 aromatic heterocycles. The quantitative estimate of drug-likeness (QED) is 0.158. The highest BCUT2D eigenvalue weighted by Gasteiger charge is 2.57. The Hall–Kier alpha value is -2.23. The van der Waals surface area contributed by atoms with Crippen LogP contribution in [0, 0.1) is 52.3 Å². The van der Waals surface area contributed by atoms with Crippen LogP contribution >= 0.6 is 0 Å². The molecule has 0 heterocycles. The molecule has 1 N–H and O–H groups in total. The minimum Gasteiger partial charge on any atom is -0.504 e. The van der Waals surface area contributed by atoms with Gasteiger partial charge in [-0.25, -0.2) is 4.79 Å². The molecule has 0 radical (unpaired) electrons. The van der Waals surface area contributed by atoms with Gasteiger partial charge < -0.3 is 14.6 Å². The van der Waals surface area contributed by atoms with Gasteiger partial charge in [-0.3, -0.25) is 0 Å². The Kier molecular flexibility index (Phi) is 10.0. The van der Waals surface area contributed by atoms with Gasteiger partial charge in [-0.05, 0) is 134 Å². The highest BCUT2D eigenvalue weighted by Crippen LogP contribution is 2.67. The van der Waals surface area contributed by atoms with Gasteiger partial charge >= 0.3 is 5.97 Å². The lowest BCUT2D eigenvalue weighted by atomic mass is 9.48. The first-order valence-electron chi connectivity index (χ1n) is 17.5. The zero-order valence-corrected chi connectivity index (χ0v) is 27.9. The van der Waals surface area contributed by atoms with Crippen molar-refractivity contribution >= 4 is 12.0 Å². The summed E-state index contributed by atoms with van der Waals surface area (Å²) in [6, 6.07) is 5.01. The monoisotopic (exact) mass is 590 g/mol. The number of ether oxygens (including phenoxy) is 2. The second kappa shape index (κ2) is 13.4. The van der Waals surface area contributed by atoms with Crippen molar-refractivity contribution in [3.63, 3.8) is 0 Å². The van der Waals surface area contributed by atoms with Gasteiger partial charge in [-0.2, -0.15) is 0 Å². The molecular weight excluding hydrogens is 532 g/mol. The van der Waals surface area contributed by atoms with Crippen LogP contribution in [0.5, 0.6) is 11.5 Å². The van der Waals surface area contributed by atoms with E-state index in [1.807, 2.05) is 5.57 Å². The van der Waals surface area contributed by atoms with Crippen molar-refractivity contribution in [1.82, 2.24) is 0 Å². The minimum absolute atomic E-state index is 0.0823. The van der Waals surface area contributed by atoms with Gasteiger partial charge in [0.05, 0.1) is 13.7 Å². The molecule has 4 aliphatic rings. The van der Waals surface area contributed by atoms with E-state index in [9.17, 15) is 9.90 Å². The third-order valence-corrected chi connectivity index (χ3v) is 13.0. The third kappa shape index (κ3) is 6.59. The predicted octanol–water partition coefficient (Wildman–Crippen LogP) is 10.0. The van der Waals surface area contributed by atoms with Crippen LogP contribution in [0.25, 0.3) is 6.08 Å². The number of phenolic OH excluding ortho intramolecular Hbond substituents is 1. The van der Waals surface area contributed by atoms with Crippen molar-refractivity contribution in [3.05, 3.63) is 41.5 Å². The molecule has 1 aromatic rings. The first-order valence-corrected chi connectivity index (χ1v) is 17.5. The number of allylic oxidation sites excluding steroid dienone is 2. The molecule has 0 amide bonds. The molecule has 4 aliphatic carbocycles. The highest BCUT2D eigenvalue weighted by atomic mass is 16.5. The second-order valence-electron chi connectivity index (χ2n) is 15.5. The van der Waals surface area contributed by atoms with Gasteiger partial charge in [0, 0.05) is 6.08 Å².